The van der Waals surface area contributed by atoms with Crippen LogP contribution in [-0.2, 0) is 0 Å². The Hall–Kier alpha value is -0.120. The highest BCUT2D eigenvalue weighted by atomic mass is 15.3. The van der Waals surface area contributed by atoms with Crippen molar-refractivity contribution in [2.75, 3.05) is 33.2 Å². The number of rotatable bonds is 4. The van der Waals surface area contributed by atoms with Crippen molar-refractivity contribution in [3.8, 4) is 0 Å². The quantitative estimate of drug-likeness (QED) is 0.725. The predicted octanol–water partition coefficient (Wildman–Crippen LogP) is 0.750. The minimum atomic E-state index is 0.234. The second-order valence-electron chi connectivity index (χ2n) is 4.80. The first-order valence-corrected chi connectivity index (χ1v) is 5.71. The molecule has 2 N–H and O–H groups in total. The molecule has 1 atom stereocenters. The molecule has 0 amide bonds. The second kappa shape index (κ2) is 4.60. The van der Waals surface area contributed by atoms with Gasteiger partial charge in [0.15, 0.2) is 0 Å². The van der Waals surface area contributed by atoms with Gasteiger partial charge in [-0.1, -0.05) is 6.92 Å². The molecule has 1 aliphatic heterocycles. The van der Waals surface area contributed by atoms with Gasteiger partial charge in [-0.05, 0) is 40.4 Å². The number of hydrogen-bond acceptors (Lipinski definition) is 3. The van der Waals surface area contributed by atoms with Crippen molar-refractivity contribution in [1.29, 1.82) is 0 Å². The van der Waals surface area contributed by atoms with Crippen molar-refractivity contribution in [2.45, 2.75) is 38.8 Å². The van der Waals surface area contributed by atoms with Crippen LogP contribution in [0.5, 0.6) is 0 Å². The average molecular weight is 199 g/mol. The zero-order chi connectivity index (χ0) is 10.8. The van der Waals surface area contributed by atoms with Gasteiger partial charge < -0.3 is 10.6 Å². The molecule has 0 bridgehead atoms. The van der Waals surface area contributed by atoms with Crippen LogP contribution < -0.4 is 5.73 Å². The molecule has 1 rings (SSSR count). The van der Waals surface area contributed by atoms with Crippen LogP contribution in [0, 0.1) is 0 Å². The molecule has 84 valence electrons. The third-order valence-corrected chi connectivity index (χ3v) is 3.48. The highest BCUT2D eigenvalue weighted by Crippen LogP contribution is 2.27. The monoisotopic (exact) mass is 199 g/mol. The lowest BCUT2D eigenvalue weighted by atomic mass is 9.94. The van der Waals surface area contributed by atoms with Gasteiger partial charge in [-0.2, -0.15) is 0 Å². The molecule has 3 nitrogen and oxygen atoms in total. The summed E-state index contributed by atoms with van der Waals surface area (Å²) in [6.45, 7) is 10.9. The first-order valence-electron chi connectivity index (χ1n) is 5.71. The Balaban J connectivity index is 2.77. The number of hydrogen-bond donors (Lipinski definition) is 1. The number of nitrogens with two attached hydrogens (primary N) is 1. The first kappa shape index (κ1) is 12.0. The van der Waals surface area contributed by atoms with Crippen molar-refractivity contribution in [3.63, 3.8) is 0 Å². The SMILES string of the molecule is CCN(C(C)C)C1(CN)CCN(C)C1. The number of likely N-dealkylation sites (N-methyl/N-ethyl adjacent to an activating group) is 2. The van der Waals surface area contributed by atoms with E-state index >= 15 is 0 Å². The molecule has 1 fully saturated rings. The lowest BCUT2D eigenvalue weighted by molar-refractivity contribution is 0.0752. The summed E-state index contributed by atoms with van der Waals surface area (Å²) >= 11 is 0. The Bertz CT molecular complexity index is 181. The third-order valence-electron chi connectivity index (χ3n) is 3.48. The maximum Gasteiger partial charge on any atom is 0.0472 e. The van der Waals surface area contributed by atoms with E-state index in [-0.39, 0.29) is 5.54 Å². The summed E-state index contributed by atoms with van der Waals surface area (Å²) in [7, 11) is 2.19. The van der Waals surface area contributed by atoms with Crippen molar-refractivity contribution in [3.05, 3.63) is 0 Å². The Morgan fingerprint density at radius 2 is 2.14 bits per heavy atom. The molecule has 1 saturated heterocycles. The molecule has 0 aromatic carbocycles. The van der Waals surface area contributed by atoms with Crippen LogP contribution in [0.25, 0.3) is 0 Å². The van der Waals surface area contributed by atoms with Crippen LogP contribution in [-0.4, -0.2) is 54.6 Å². The molecular weight excluding hydrogens is 174 g/mol. The topological polar surface area (TPSA) is 32.5 Å². The van der Waals surface area contributed by atoms with Crippen molar-refractivity contribution in [1.82, 2.24) is 9.80 Å². The van der Waals surface area contributed by atoms with E-state index in [0.29, 0.717) is 6.04 Å². The van der Waals surface area contributed by atoms with E-state index in [1.54, 1.807) is 0 Å². The minimum absolute atomic E-state index is 0.234. The fourth-order valence-corrected chi connectivity index (χ4v) is 2.83. The summed E-state index contributed by atoms with van der Waals surface area (Å²) in [5.41, 5.74) is 6.21. The molecule has 3 heteroatoms. The van der Waals surface area contributed by atoms with Gasteiger partial charge in [-0.3, -0.25) is 4.90 Å². The van der Waals surface area contributed by atoms with Crippen molar-refractivity contribution in [2.24, 2.45) is 5.73 Å². The molecule has 1 unspecified atom stereocenters. The zero-order valence-electron chi connectivity index (χ0n) is 10.1. The van der Waals surface area contributed by atoms with Crippen molar-refractivity contribution >= 4 is 0 Å². The van der Waals surface area contributed by atoms with Crippen LogP contribution in [0.3, 0.4) is 0 Å². The van der Waals surface area contributed by atoms with E-state index in [1.165, 1.54) is 13.0 Å². The zero-order valence-corrected chi connectivity index (χ0v) is 10.1. The summed E-state index contributed by atoms with van der Waals surface area (Å²) in [5, 5.41) is 0. The summed E-state index contributed by atoms with van der Waals surface area (Å²) < 4.78 is 0. The van der Waals surface area contributed by atoms with Crippen LogP contribution in [0.2, 0.25) is 0 Å². The molecule has 0 saturated carbocycles. The highest BCUT2D eigenvalue weighted by molar-refractivity contribution is 4.99. The lowest BCUT2D eigenvalue weighted by Gasteiger charge is -2.42. The van der Waals surface area contributed by atoms with E-state index in [1.807, 2.05) is 0 Å². The predicted molar refractivity (Wildman–Crippen MR) is 61.4 cm³/mol. The summed E-state index contributed by atoms with van der Waals surface area (Å²) in [5.74, 6) is 0. The fraction of sp³-hybridized carbons (Fsp3) is 1.00. The molecule has 0 radical (unpaired) electrons. The molecule has 0 aromatic rings. The van der Waals surface area contributed by atoms with Gasteiger partial charge >= 0.3 is 0 Å². The molecule has 0 spiro atoms. The van der Waals surface area contributed by atoms with Crippen molar-refractivity contribution < 1.29 is 0 Å². The normalized spacial score (nSPS) is 29.4. The standard InChI is InChI=1S/C11H25N3/c1-5-14(10(2)3)11(8-12)6-7-13(4)9-11/h10H,5-9,12H2,1-4H3. The van der Waals surface area contributed by atoms with Gasteiger partial charge in [-0.15, -0.1) is 0 Å². The molecule has 0 aliphatic carbocycles. The Morgan fingerprint density at radius 1 is 1.50 bits per heavy atom. The van der Waals surface area contributed by atoms with Gasteiger partial charge in [0, 0.05) is 24.7 Å². The fourth-order valence-electron chi connectivity index (χ4n) is 2.83. The smallest absolute Gasteiger partial charge is 0.0472 e. The third kappa shape index (κ3) is 2.10. The van der Waals surface area contributed by atoms with Crippen LogP contribution >= 0.6 is 0 Å². The van der Waals surface area contributed by atoms with E-state index in [9.17, 15) is 0 Å². The number of likely N-dealkylation sites (tertiary alicyclic amines) is 1. The number of nitrogens with zero attached hydrogens (tertiary/aromatic N) is 2. The van der Waals surface area contributed by atoms with Gasteiger partial charge in [0.25, 0.3) is 0 Å². The Labute approximate surface area is 88.2 Å². The maximum atomic E-state index is 5.98. The van der Waals surface area contributed by atoms with Gasteiger partial charge in [-0.25, -0.2) is 0 Å². The summed E-state index contributed by atoms with van der Waals surface area (Å²) in [6.07, 6.45) is 1.21. The average Bonchev–Trinajstić information content (AvgIpc) is 2.49. The van der Waals surface area contributed by atoms with E-state index in [2.05, 4.69) is 37.6 Å². The maximum absolute atomic E-state index is 5.98. The molecular formula is C11H25N3. The highest BCUT2D eigenvalue weighted by Gasteiger charge is 2.40. The van der Waals surface area contributed by atoms with E-state index in [0.717, 1.165) is 19.6 Å². The summed E-state index contributed by atoms with van der Waals surface area (Å²) in [6, 6.07) is 0.593. The van der Waals surface area contributed by atoms with Crippen LogP contribution in [0.15, 0.2) is 0 Å². The second-order valence-corrected chi connectivity index (χ2v) is 4.80. The lowest BCUT2D eigenvalue weighted by Crippen LogP contribution is -2.57. The van der Waals surface area contributed by atoms with Gasteiger partial charge in [0.05, 0.1) is 0 Å². The first-order chi connectivity index (χ1) is 6.55. The molecule has 1 aliphatic rings. The molecule has 0 aromatic heterocycles. The Morgan fingerprint density at radius 3 is 2.43 bits per heavy atom. The molecule has 14 heavy (non-hydrogen) atoms. The molecule has 1 heterocycles. The van der Waals surface area contributed by atoms with Crippen LogP contribution in [0.1, 0.15) is 27.2 Å². The van der Waals surface area contributed by atoms with Gasteiger partial charge in [0.2, 0.25) is 0 Å². The van der Waals surface area contributed by atoms with E-state index < -0.39 is 0 Å². The minimum Gasteiger partial charge on any atom is -0.329 e. The van der Waals surface area contributed by atoms with Crippen LogP contribution in [0.4, 0.5) is 0 Å². The summed E-state index contributed by atoms with van der Waals surface area (Å²) in [4.78, 5) is 4.94. The van der Waals surface area contributed by atoms with E-state index in [4.69, 9.17) is 5.73 Å². The largest absolute Gasteiger partial charge is 0.329 e. The Kier molecular flexibility index (Phi) is 3.93. The van der Waals surface area contributed by atoms with Gasteiger partial charge in [0.1, 0.15) is 0 Å².